The van der Waals surface area contributed by atoms with Gasteiger partial charge in [-0.2, -0.15) is 0 Å². The maximum Gasteiger partial charge on any atom is 0.259 e. The van der Waals surface area contributed by atoms with Crippen LogP contribution in [0.5, 0.6) is 5.75 Å². The van der Waals surface area contributed by atoms with E-state index < -0.39 is 0 Å². The van der Waals surface area contributed by atoms with Gasteiger partial charge >= 0.3 is 0 Å². The summed E-state index contributed by atoms with van der Waals surface area (Å²) in [7, 11) is 1.66. The zero-order valence-electron chi connectivity index (χ0n) is 16.1. The fourth-order valence-corrected chi connectivity index (χ4v) is 4.68. The summed E-state index contributed by atoms with van der Waals surface area (Å²) in [4.78, 5) is 15.3. The Morgan fingerprint density at radius 3 is 2.66 bits per heavy atom. The van der Waals surface area contributed by atoms with Crippen molar-refractivity contribution in [3.05, 3.63) is 82.9 Å². The van der Waals surface area contributed by atoms with Crippen LogP contribution in [-0.2, 0) is 24.5 Å². The zero-order chi connectivity index (χ0) is 19.5. The monoisotopic (exact) mass is 381 g/mol. The van der Waals surface area contributed by atoms with Crippen LogP contribution in [0.25, 0.3) is 21.5 Å². The number of hydrogen-bond acceptors (Lipinski definition) is 3. The summed E-state index contributed by atoms with van der Waals surface area (Å²) >= 11 is 0. The minimum Gasteiger partial charge on any atom is -0.497 e. The molecule has 0 unspecified atom stereocenters. The van der Waals surface area contributed by atoms with Crippen molar-refractivity contribution in [2.24, 2.45) is 0 Å². The highest BCUT2D eigenvalue weighted by molar-refractivity contribution is 6.30. The molecule has 0 saturated carbocycles. The molecular weight excluding hydrogens is 362 g/mol. The van der Waals surface area contributed by atoms with Gasteiger partial charge in [-0.3, -0.25) is 4.79 Å². The van der Waals surface area contributed by atoms with Crippen molar-refractivity contribution < 1.29 is 14.3 Å². The quantitative estimate of drug-likeness (QED) is 0.458. The largest absolute Gasteiger partial charge is 0.497 e. The van der Waals surface area contributed by atoms with Crippen LogP contribution in [0.4, 0.5) is 5.69 Å². The van der Waals surface area contributed by atoms with Gasteiger partial charge in [-0.05, 0) is 57.1 Å². The highest BCUT2D eigenvalue weighted by atomic mass is 16.5. The molecule has 29 heavy (non-hydrogen) atoms. The van der Waals surface area contributed by atoms with Crippen molar-refractivity contribution in [2.75, 3.05) is 12.0 Å². The Kier molecular flexibility index (Phi) is 3.46. The number of fused-ring (bicyclic) bond motifs is 4. The Hall–Kier alpha value is -3.37. The Morgan fingerprint density at radius 2 is 1.83 bits per heavy atom. The van der Waals surface area contributed by atoms with Gasteiger partial charge in [-0.15, -0.1) is 0 Å². The number of anilines is 1. The lowest BCUT2D eigenvalue weighted by Crippen LogP contribution is -2.26. The number of methoxy groups -OCH3 is 1. The topological polar surface area (TPSA) is 38.8 Å². The Morgan fingerprint density at radius 1 is 1.00 bits per heavy atom. The van der Waals surface area contributed by atoms with E-state index in [0.29, 0.717) is 19.8 Å². The van der Waals surface area contributed by atoms with Crippen LogP contribution in [0.2, 0.25) is 0 Å². The van der Waals surface area contributed by atoms with Gasteiger partial charge in [0.25, 0.3) is 5.91 Å². The second-order valence-electron chi connectivity index (χ2n) is 7.66. The molecule has 2 aliphatic rings. The molecule has 6 rings (SSSR count). The molecule has 0 atom stereocenters. The third-order valence-electron chi connectivity index (χ3n) is 6.08. The van der Waals surface area contributed by atoms with Gasteiger partial charge in [0, 0.05) is 5.39 Å². The van der Waals surface area contributed by atoms with E-state index in [0.717, 1.165) is 38.9 Å². The fourth-order valence-electron chi connectivity index (χ4n) is 4.68. The minimum atomic E-state index is 0.0609. The predicted octanol–water partition coefficient (Wildman–Crippen LogP) is 5.19. The average molecular weight is 381 g/mol. The van der Waals surface area contributed by atoms with Crippen LogP contribution in [0, 0.1) is 0 Å². The first-order valence-electron chi connectivity index (χ1n) is 9.77. The number of rotatable bonds is 3. The van der Waals surface area contributed by atoms with Gasteiger partial charge in [-0.1, -0.05) is 36.4 Å². The van der Waals surface area contributed by atoms with Gasteiger partial charge in [0.15, 0.2) is 0 Å². The standard InChI is InChI=1S/C25H19NO3/c1-28-18-8-6-15(7-9-18)12-26-22-11-16-4-2-3-5-19(16)23-21-14-29-13-17(21)10-20(24(22)23)25(26)27/h2-11H,12-14H2,1H3. The lowest BCUT2D eigenvalue weighted by Gasteiger charge is -2.19. The summed E-state index contributed by atoms with van der Waals surface area (Å²) in [5.41, 5.74) is 5.21. The number of nitrogens with zero attached hydrogens (tertiary/aromatic N) is 1. The van der Waals surface area contributed by atoms with Crippen LogP contribution in [-0.4, -0.2) is 13.0 Å². The molecule has 0 fully saturated rings. The van der Waals surface area contributed by atoms with E-state index >= 15 is 0 Å². The van der Waals surface area contributed by atoms with E-state index in [1.165, 1.54) is 16.3 Å². The van der Waals surface area contributed by atoms with E-state index in [9.17, 15) is 4.79 Å². The molecule has 2 aliphatic heterocycles. The van der Waals surface area contributed by atoms with Crippen molar-refractivity contribution in [3.8, 4) is 5.75 Å². The molecule has 0 radical (unpaired) electrons. The first-order valence-corrected chi connectivity index (χ1v) is 9.77. The first-order chi connectivity index (χ1) is 14.2. The van der Waals surface area contributed by atoms with Crippen molar-refractivity contribution in [2.45, 2.75) is 19.8 Å². The molecule has 0 N–H and O–H groups in total. The molecular formula is C25H19NO3. The SMILES string of the molecule is COc1ccc(CN2C(=O)c3cc4c(c5c3c2cc2ccccc25)COC4)cc1. The summed E-state index contributed by atoms with van der Waals surface area (Å²) in [6.07, 6.45) is 0. The molecule has 0 bridgehead atoms. The molecule has 4 heteroatoms. The third-order valence-corrected chi connectivity index (χ3v) is 6.08. The van der Waals surface area contributed by atoms with Gasteiger partial charge < -0.3 is 14.4 Å². The third kappa shape index (κ3) is 2.33. The van der Waals surface area contributed by atoms with E-state index in [1.807, 2.05) is 41.3 Å². The summed E-state index contributed by atoms with van der Waals surface area (Å²) < 4.78 is 11.0. The van der Waals surface area contributed by atoms with Gasteiger partial charge in [0.1, 0.15) is 5.75 Å². The maximum absolute atomic E-state index is 13.4. The van der Waals surface area contributed by atoms with Crippen molar-refractivity contribution in [1.82, 2.24) is 0 Å². The van der Waals surface area contributed by atoms with Gasteiger partial charge in [0.05, 0.1) is 38.1 Å². The van der Waals surface area contributed by atoms with Crippen molar-refractivity contribution >= 4 is 33.1 Å². The van der Waals surface area contributed by atoms with E-state index in [4.69, 9.17) is 9.47 Å². The highest BCUT2D eigenvalue weighted by Gasteiger charge is 2.34. The number of ether oxygens (including phenoxy) is 2. The van der Waals surface area contributed by atoms with Crippen LogP contribution in [0.15, 0.2) is 60.7 Å². The van der Waals surface area contributed by atoms with E-state index in [2.05, 4.69) is 24.3 Å². The van der Waals surface area contributed by atoms with Crippen LogP contribution in [0.3, 0.4) is 0 Å². The fraction of sp³-hybridized carbons (Fsp3) is 0.160. The Labute approximate surface area is 168 Å². The number of carbonyl (C=O) groups is 1. The molecule has 4 aromatic rings. The van der Waals surface area contributed by atoms with Crippen LogP contribution >= 0.6 is 0 Å². The number of amides is 1. The van der Waals surface area contributed by atoms with Crippen molar-refractivity contribution in [3.63, 3.8) is 0 Å². The molecule has 0 saturated heterocycles. The van der Waals surface area contributed by atoms with Crippen molar-refractivity contribution in [1.29, 1.82) is 0 Å². The molecule has 4 aromatic carbocycles. The lowest BCUT2D eigenvalue weighted by molar-refractivity contribution is 0.0991. The maximum atomic E-state index is 13.4. The zero-order valence-corrected chi connectivity index (χ0v) is 16.1. The average Bonchev–Trinajstić information content (AvgIpc) is 3.33. The summed E-state index contributed by atoms with van der Waals surface area (Å²) in [6, 6.07) is 20.5. The molecule has 0 spiro atoms. The summed E-state index contributed by atoms with van der Waals surface area (Å²) in [5.74, 6) is 0.875. The van der Waals surface area contributed by atoms with E-state index in [-0.39, 0.29) is 5.91 Å². The predicted molar refractivity (Wildman–Crippen MR) is 113 cm³/mol. The molecule has 0 aromatic heterocycles. The second kappa shape index (κ2) is 6.06. The summed E-state index contributed by atoms with van der Waals surface area (Å²) in [6.45, 7) is 1.71. The molecule has 142 valence electrons. The van der Waals surface area contributed by atoms with Gasteiger partial charge in [-0.25, -0.2) is 0 Å². The minimum absolute atomic E-state index is 0.0609. The smallest absolute Gasteiger partial charge is 0.259 e. The molecule has 0 aliphatic carbocycles. The molecule has 1 amide bonds. The van der Waals surface area contributed by atoms with Crippen LogP contribution < -0.4 is 9.64 Å². The van der Waals surface area contributed by atoms with Crippen LogP contribution in [0.1, 0.15) is 27.0 Å². The van der Waals surface area contributed by atoms with Gasteiger partial charge in [0.2, 0.25) is 0 Å². The first kappa shape index (κ1) is 16.6. The molecule has 2 heterocycles. The molecule has 4 nitrogen and oxygen atoms in total. The summed E-state index contributed by atoms with van der Waals surface area (Å²) in [5, 5.41) is 4.57. The highest BCUT2D eigenvalue weighted by Crippen LogP contribution is 2.46. The van der Waals surface area contributed by atoms with E-state index in [1.54, 1.807) is 7.11 Å². The second-order valence-corrected chi connectivity index (χ2v) is 7.66. The Balaban J connectivity index is 1.59. The number of hydrogen-bond donors (Lipinski definition) is 0. The Bertz CT molecular complexity index is 1310. The number of benzene rings is 4. The number of carbonyl (C=O) groups excluding carboxylic acids is 1. The lowest BCUT2D eigenvalue weighted by atomic mass is 9.92. The normalized spacial score (nSPS) is 14.8.